The maximum Gasteiger partial charge on any atom is 0.261 e. The highest BCUT2D eigenvalue weighted by Crippen LogP contribution is 2.22. The number of carbonyl (C=O) groups is 1. The van der Waals surface area contributed by atoms with Gasteiger partial charge in [0.15, 0.2) is 0 Å². The highest BCUT2D eigenvalue weighted by molar-refractivity contribution is 7.92. The fourth-order valence-electron chi connectivity index (χ4n) is 3.08. The second kappa shape index (κ2) is 7.88. The topological polar surface area (TPSA) is 87.3 Å². The van der Waals surface area contributed by atoms with Crippen LogP contribution < -0.4 is 15.4 Å². The van der Waals surface area contributed by atoms with Gasteiger partial charge < -0.3 is 10.6 Å². The SMILES string of the molecule is C[C@H]1C[C@@H](C(=O)Nc2cccc(S(=O)(=O)Nc3ccccc3)c2)CCN1. The van der Waals surface area contributed by atoms with Crippen molar-refractivity contribution in [3.63, 3.8) is 0 Å². The van der Waals surface area contributed by atoms with Gasteiger partial charge in [0.05, 0.1) is 4.90 Å². The molecule has 1 amide bonds. The third-order valence-corrected chi connectivity index (χ3v) is 5.81. The molecule has 2 atom stereocenters. The molecule has 0 unspecified atom stereocenters. The van der Waals surface area contributed by atoms with Crippen molar-refractivity contribution in [2.24, 2.45) is 5.92 Å². The van der Waals surface area contributed by atoms with Crippen LogP contribution in [-0.2, 0) is 14.8 Å². The van der Waals surface area contributed by atoms with E-state index in [9.17, 15) is 13.2 Å². The molecule has 1 saturated heterocycles. The Balaban J connectivity index is 1.72. The highest BCUT2D eigenvalue weighted by atomic mass is 32.2. The molecule has 138 valence electrons. The molecule has 0 bridgehead atoms. The molecule has 3 N–H and O–H groups in total. The molecule has 0 saturated carbocycles. The van der Waals surface area contributed by atoms with Crippen molar-refractivity contribution in [1.29, 1.82) is 0 Å². The van der Waals surface area contributed by atoms with Crippen LogP contribution in [0.5, 0.6) is 0 Å². The largest absolute Gasteiger partial charge is 0.326 e. The summed E-state index contributed by atoms with van der Waals surface area (Å²) in [6, 6.07) is 15.3. The molecule has 0 radical (unpaired) electrons. The molecule has 2 aromatic carbocycles. The number of benzene rings is 2. The van der Waals surface area contributed by atoms with E-state index in [1.54, 1.807) is 36.4 Å². The number of nitrogens with one attached hydrogen (secondary N) is 3. The van der Waals surface area contributed by atoms with Gasteiger partial charge in [0.1, 0.15) is 0 Å². The molecule has 1 aliphatic rings. The second-order valence-corrected chi connectivity index (χ2v) is 8.25. The van der Waals surface area contributed by atoms with Gasteiger partial charge in [-0.05, 0) is 56.6 Å². The number of anilines is 2. The van der Waals surface area contributed by atoms with Crippen molar-refractivity contribution in [2.45, 2.75) is 30.7 Å². The van der Waals surface area contributed by atoms with E-state index < -0.39 is 10.0 Å². The van der Waals surface area contributed by atoms with E-state index >= 15 is 0 Å². The second-order valence-electron chi connectivity index (χ2n) is 6.57. The van der Waals surface area contributed by atoms with Crippen molar-refractivity contribution in [3.8, 4) is 0 Å². The normalized spacial score (nSPS) is 20.3. The number of sulfonamides is 1. The van der Waals surface area contributed by atoms with Crippen LogP contribution in [0.4, 0.5) is 11.4 Å². The Kier molecular flexibility index (Phi) is 5.58. The number of rotatable bonds is 5. The molecule has 2 aromatic rings. The van der Waals surface area contributed by atoms with E-state index in [2.05, 4.69) is 22.3 Å². The zero-order chi connectivity index (χ0) is 18.6. The maximum atomic E-state index is 12.6. The summed E-state index contributed by atoms with van der Waals surface area (Å²) in [5.41, 5.74) is 0.975. The molecule has 1 aliphatic heterocycles. The summed E-state index contributed by atoms with van der Waals surface area (Å²) in [5.74, 6) is -0.127. The summed E-state index contributed by atoms with van der Waals surface area (Å²) in [4.78, 5) is 12.6. The minimum atomic E-state index is -3.72. The van der Waals surface area contributed by atoms with Crippen LogP contribution in [0.3, 0.4) is 0 Å². The van der Waals surface area contributed by atoms with E-state index in [1.165, 1.54) is 12.1 Å². The summed E-state index contributed by atoms with van der Waals surface area (Å²) in [7, 11) is -3.72. The lowest BCUT2D eigenvalue weighted by molar-refractivity contribution is -0.120. The van der Waals surface area contributed by atoms with Gasteiger partial charge >= 0.3 is 0 Å². The number of carbonyl (C=O) groups excluding carboxylic acids is 1. The molecule has 3 rings (SSSR count). The zero-order valence-corrected chi connectivity index (χ0v) is 15.4. The molecule has 0 aliphatic carbocycles. The number of piperidine rings is 1. The summed E-state index contributed by atoms with van der Waals surface area (Å²) < 4.78 is 27.6. The summed E-state index contributed by atoms with van der Waals surface area (Å²) >= 11 is 0. The number of para-hydroxylation sites is 1. The molecule has 0 aromatic heterocycles. The van der Waals surface area contributed by atoms with Gasteiger partial charge in [0.25, 0.3) is 10.0 Å². The zero-order valence-electron chi connectivity index (χ0n) is 14.6. The van der Waals surface area contributed by atoms with Crippen molar-refractivity contribution >= 4 is 27.3 Å². The van der Waals surface area contributed by atoms with Crippen LogP contribution in [0.25, 0.3) is 0 Å². The van der Waals surface area contributed by atoms with Crippen molar-refractivity contribution in [1.82, 2.24) is 5.32 Å². The molecule has 6 nitrogen and oxygen atoms in total. The number of hydrogen-bond donors (Lipinski definition) is 3. The van der Waals surface area contributed by atoms with Crippen LogP contribution in [-0.4, -0.2) is 26.9 Å². The summed E-state index contributed by atoms with van der Waals surface area (Å²) in [5, 5.41) is 6.16. The van der Waals surface area contributed by atoms with E-state index in [4.69, 9.17) is 0 Å². The van der Waals surface area contributed by atoms with Gasteiger partial charge in [-0.15, -0.1) is 0 Å². The molecule has 1 fully saturated rings. The Hall–Kier alpha value is -2.38. The van der Waals surface area contributed by atoms with Crippen molar-refractivity contribution in [3.05, 3.63) is 54.6 Å². The Morgan fingerprint density at radius 1 is 1.08 bits per heavy atom. The Bertz CT molecular complexity index is 869. The van der Waals surface area contributed by atoms with Crippen LogP contribution in [0.2, 0.25) is 0 Å². The van der Waals surface area contributed by atoms with Crippen LogP contribution in [0.15, 0.2) is 59.5 Å². The molecule has 7 heteroatoms. The Morgan fingerprint density at radius 2 is 1.81 bits per heavy atom. The average Bonchev–Trinajstić information content (AvgIpc) is 2.62. The molecule has 26 heavy (non-hydrogen) atoms. The molecular formula is C19H23N3O3S. The van der Waals surface area contributed by atoms with Gasteiger partial charge in [-0.1, -0.05) is 24.3 Å². The lowest BCUT2D eigenvalue weighted by Crippen LogP contribution is -2.40. The fourth-order valence-corrected chi connectivity index (χ4v) is 4.18. The van der Waals surface area contributed by atoms with Crippen LogP contribution in [0.1, 0.15) is 19.8 Å². The van der Waals surface area contributed by atoms with Crippen LogP contribution in [0, 0.1) is 5.92 Å². The predicted octanol–water partition coefficient (Wildman–Crippen LogP) is 2.81. The first kappa shape index (κ1) is 18.4. The molecule has 1 heterocycles. The van der Waals surface area contributed by atoms with Crippen LogP contribution >= 0.6 is 0 Å². The summed E-state index contributed by atoms with van der Waals surface area (Å²) in [6.45, 7) is 2.87. The maximum absolute atomic E-state index is 12.6. The van der Waals surface area contributed by atoms with Gasteiger partial charge in [0, 0.05) is 23.3 Å². The first-order chi connectivity index (χ1) is 12.4. The smallest absolute Gasteiger partial charge is 0.261 e. The third-order valence-electron chi connectivity index (χ3n) is 4.43. The molecule has 0 spiro atoms. The van der Waals surface area contributed by atoms with Gasteiger partial charge in [-0.25, -0.2) is 8.42 Å². The first-order valence-corrected chi connectivity index (χ1v) is 10.1. The quantitative estimate of drug-likeness (QED) is 0.752. The minimum Gasteiger partial charge on any atom is -0.326 e. The van der Waals surface area contributed by atoms with E-state index in [0.717, 1.165) is 19.4 Å². The Labute approximate surface area is 154 Å². The van der Waals surface area contributed by atoms with Gasteiger partial charge in [-0.3, -0.25) is 9.52 Å². The predicted molar refractivity (Wildman–Crippen MR) is 103 cm³/mol. The summed E-state index contributed by atoms with van der Waals surface area (Å²) in [6.07, 6.45) is 1.56. The lowest BCUT2D eigenvalue weighted by Gasteiger charge is -2.27. The lowest BCUT2D eigenvalue weighted by atomic mass is 9.92. The minimum absolute atomic E-state index is 0.0612. The highest BCUT2D eigenvalue weighted by Gasteiger charge is 2.25. The first-order valence-electron chi connectivity index (χ1n) is 8.66. The van der Waals surface area contributed by atoms with Gasteiger partial charge in [0.2, 0.25) is 5.91 Å². The number of hydrogen-bond acceptors (Lipinski definition) is 4. The van der Waals surface area contributed by atoms with Crippen molar-refractivity contribution in [2.75, 3.05) is 16.6 Å². The number of amides is 1. The van der Waals surface area contributed by atoms with Crippen molar-refractivity contribution < 1.29 is 13.2 Å². The third kappa shape index (κ3) is 4.62. The molecular weight excluding hydrogens is 350 g/mol. The fraction of sp³-hybridized carbons (Fsp3) is 0.316. The van der Waals surface area contributed by atoms with E-state index in [1.807, 2.05) is 6.07 Å². The average molecular weight is 373 g/mol. The van der Waals surface area contributed by atoms with E-state index in [0.29, 0.717) is 17.4 Å². The van der Waals surface area contributed by atoms with Gasteiger partial charge in [-0.2, -0.15) is 0 Å². The Morgan fingerprint density at radius 3 is 2.54 bits per heavy atom. The standard InChI is InChI=1S/C19H23N3O3S/c1-14-12-15(10-11-20-14)19(23)21-17-8-5-9-18(13-17)26(24,25)22-16-6-3-2-4-7-16/h2-9,13-15,20,22H,10-12H2,1H3,(H,21,23)/t14-,15-/m0/s1. The monoisotopic (exact) mass is 373 g/mol. The van der Waals surface area contributed by atoms with E-state index in [-0.39, 0.29) is 16.7 Å².